The van der Waals surface area contributed by atoms with Gasteiger partial charge < -0.3 is 9.47 Å². The van der Waals surface area contributed by atoms with Crippen LogP contribution in [0.25, 0.3) is 10.1 Å². The summed E-state index contributed by atoms with van der Waals surface area (Å²) < 4.78 is 27.4. The van der Waals surface area contributed by atoms with Crippen molar-refractivity contribution in [2.24, 2.45) is 29.6 Å². The molecule has 0 N–H and O–H groups in total. The number of hydrogen-bond donors (Lipinski definition) is 0. The van der Waals surface area contributed by atoms with Crippen LogP contribution in [0.2, 0.25) is 0 Å². The number of benzene rings is 1. The number of hydrogen-bond acceptors (Lipinski definition) is 3. The van der Waals surface area contributed by atoms with E-state index in [4.69, 9.17) is 9.47 Å². The maximum Gasteiger partial charge on any atom is 0.182 e. The molecule has 0 amide bonds. The lowest BCUT2D eigenvalue weighted by atomic mass is 9.66. The topological polar surface area (TPSA) is 18.5 Å². The summed E-state index contributed by atoms with van der Waals surface area (Å²) in [6, 6.07) is 5.86. The third kappa shape index (κ3) is 5.33. The van der Waals surface area contributed by atoms with E-state index in [1.807, 2.05) is 13.0 Å². The van der Waals surface area contributed by atoms with Crippen molar-refractivity contribution in [1.29, 1.82) is 0 Å². The van der Waals surface area contributed by atoms with Crippen LogP contribution < -0.4 is 4.74 Å². The summed E-state index contributed by atoms with van der Waals surface area (Å²) in [4.78, 5) is 1.17. The van der Waals surface area contributed by atoms with Gasteiger partial charge in [0.15, 0.2) is 11.6 Å². The zero-order valence-electron chi connectivity index (χ0n) is 21.2. The van der Waals surface area contributed by atoms with Gasteiger partial charge in [-0.25, -0.2) is 4.39 Å². The normalized spacial score (nSPS) is 32.7. The minimum atomic E-state index is -0.222. The fourth-order valence-electron chi connectivity index (χ4n) is 7.31. The first kappa shape index (κ1) is 24.6. The van der Waals surface area contributed by atoms with Crippen molar-refractivity contribution in [2.75, 3.05) is 13.2 Å². The lowest BCUT2D eigenvalue weighted by molar-refractivity contribution is -0.0405. The molecule has 2 aromatic rings. The van der Waals surface area contributed by atoms with E-state index in [9.17, 15) is 4.39 Å². The average Bonchev–Trinajstić information content (AvgIpc) is 3.32. The molecule has 0 radical (unpaired) electrons. The maximum absolute atomic E-state index is 14.8. The van der Waals surface area contributed by atoms with E-state index < -0.39 is 0 Å². The van der Waals surface area contributed by atoms with E-state index in [2.05, 4.69) is 13.0 Å². The fraction of sp³-hybridized carbons (Fsp3) is 0.733. The third-order valence-electron chi connectivity index (χ3n) is 9.28. The van der Waals surface area contributed by atoms with Gasteiger partial charge in [0.1, 0.15) is 0 Å². The Hall–Kier alpha value is -1.13. The molecule has 2 saturated carbocycles. The lowest BCUT2D eigenvalue weighted by Gasteiger charge is -2.41. The van der Waals surface area contributed by atoms with Crippen LogP contribution >= 0.6 is 11.3 Å². The summed E-state index contributed by atoms with van der Waals surface area (Å²) in [5, 5.41) is 0.966. The number of rotatable bonds is 7. The summed E-state index contributed by atoms with van der Waals surface area (Å²) >= 11 is 1.55. The predicted molar refractivity (Wildman–Crippen MR) is 140 cm³/mol. The van der Waals surface area contributed by atoms with Gasteiger partial charge in [-0.15, -0.1) is 11.3 Å². The van der Waals surface area contributed by atoms with Gasteiger partial charge in [-0.2, -0.15) is 0 Å². The van der Waals surface area contributed by atoms with Gasteiger partial charge in [-0.05, 0) is 111 Å². The second-order valence-corrected chi connectivity index (χ2v) is 12.4. The molecule has 0 bridgehead atoms. The predicted octanol–water partition coefficient (Wildman–Crippen LogP) is 9.32. The molecule has 2 heterocycles. The van der Waals surface area contributed by atoms with Crippen molar-refractivity contribution in [3.63, 3.8) is 0 Å². The zero-order chi connectivity index (χ0) is 23.5. The summed E-state index contributed by atoms with van der Waals surface area (Å²) in [5.41, 5.74) is 0. The highest BCUT2D eigenvalue weighted by Crippen LogP contribution is 2.46. The van der Waals surface area contributed by atoms with Gasteiger partial charge in [-0.1, -0.05) is 32.6 Å². The standard InChI is InChI=1S/C30H43FO2S/c1-3-5-20-6-8-21(9-7-20)22-10-12-23(13-11-22)25-15-16-26(33-19-25)28-18-24-14-17-27(32-4-2)29(31)30(24)34-28/h14,17-18,20-23,25-26H,3-13,15-16,19H2,1-2H3. The van der Waals surface area contributed by atoms with Crippen LogP contribution in [0.1, 0.15) is 102 Å². The molecule has 4 heteroatoms. The molecule has 0 spiro atoms. The molecule has 1 saturated heterocycles. The van der Waals surface area contributed by atoms with Gasteiger partial charge in [0.05, 0.1) is 24.0 Å². The van der Waals surface area contributed by atoms with E-state index in [1.54, 1.807) is 17.4 Å². The van der Waals surface area contributed by atoms with Crippen molar-refractivity contribution < 1.29 is 13.9 Å². The Kier molecular flexibility index (Phi) is 8.15. The van der Waals surface area contributed by atoms with Gasteiger partial charge in [0, 0.05) is 4.88 Å². The first-order valence-corrected chi connectivity index (χ1v) is 14.9. The highest BCUT2D eigenvalue weighted by atomic mass is 32.1. The second-order valence-electron chi connectivity index (χ2n) is 11.3. The largest absolute Gasteiger partial charge is 0.491 e. The van der Waals surface area contributed by atoms with Crippen molar-refractivity contribution in [2.45, 2.75) is 97.0 Å². The first-order chi connectivity index (χ1) is 16.7. The van der Waals surface area contributed by atoms with Crippen LogP contribution in [0.5, 0.6) is 5.75 Å². The zero-order valence-corrected chi connectivity index (χ0v) is 22.0. The van der Waals surface area contributed by atoms with Crippen LogP contribution in [0, 0.1) is 35.4 Å². The number of fused-ring (bicyclic) bond motifs is 1. The lowest BCUT2D eigenvalue weighted by Crippen LogP contribution is -2.32. The molecule has 1 aromatic carbocycles. The Balaban J connectivity index is 1.11. The molecule has 34 heavy (non-hydrogen) atoms. The van der Waals surface area contributed by atoms with E-state index in [0.717, 1.165) is 42.1 Å². The van der Waals surface area contributed by atoms with Gasteiger partial charge in [0.2, 0.25) is 0 Å². The van der Waals surface area contributed by atoms with Crippen molar-refractivity contribution in [1.82, 2.24) is 0 Å². The molecular weight excluding hydrogens is 443 g/mol. The highest BCUT2D eigenvalue weighted by molar-refractivity contribution is 7.19. The van der Waals surface area contributed by atoms with Crippen LogP contribution in [-0.4, -0.2) is 13.2 Å². The van der Waals surface area contributed by atoms with Crippen LogP contribution in [0.15, 0.2) is 18.2 Å². The molecule has 5 rings (SSSR count). The number of ether oxygens (including phenoxy) is 2. The van der Waals surface area contributed by atoms with Gasteiger partial charge >= 0.3 is 0 Å². The van der Waals surface area contributed by atoms with Gasteiger partial charge in [-0.3, -0.25) is 0 Å². The quantitative estimate of drug-likeness (QED) is 0.388. The van der Waals surface area contributed by atoms with E-state index in [0.29, 0.717) is 23.0 Å². The summed E-state index contributed by atoms with van der Waals surface area (Å²) in [6.45, 7) is 5.59. The van der Waals surface area contributed by atoms with Crippen molar-refractivity contribution >= 4 is 21.4 Å². The van der Waals surface area contributed by atoms with Crippen molar-refractivity contribution in [3.05, 3.63) is 28.9 Å². The molecule has 188 valence electrons. The van der Waals surface area contributed by atoms with Crippen LogP contribution in [0.3, 0.4) is 0 Å². The molecular formula is C30H43FO2S. The number of halogens is 1. The first-order valence-electron chi connectivity index (χ1n) is 14.1. The second kappa shape index (κ2) is 11.3. The molecule has 3 fully saturated rings. The van der Waals surface area contributed by atoms with Crippen LogP contribution in [-0.2, 0) is 4.74 Å². The Bertz CT molecular complexity index is 915. The summed E-state index contributed by atoms with van der Waals surface area (Å²) in [5.74, 6) is 4.73. The third-order valence-corrected chi connectivity index (χ3v) is 10.5. The molecule has 3 aliphatic rings. The average molecular weight is 487 g/mol. The Morgan fingerprint density at radius 2 is 1.53 bits per heavy atom. The Morgan fingerprint density at radius 3 is 2.15 bits per heavy atom. The highest BCUT2D eigenvalue weighted by Gasteiger charge is 2.35. The van der Waals surface area contributed by atoms with Gasteiger partial charge in [0.25, 0.3) is 0 Å². The fourth-order valence-corrected chi connectivity index (χ4v) is 8.48. The molecule has 2 atom stereocenters. The molecule has 1 aromatic heterocycles. The Morgan fingerprint density at radius 1 is 0.882 bits per heavy atom. The summed E-state index contributed by atoms with van der Waals surface area (Å²) in [6.07, 6.45) is 16.9. The monoisotopic (exact) mass is 486 g/mol. The molecule has 2 nitrogen and oxygen atoms in total. The maximum atomic E-state index is 14.8. The number of thiophene rings is 1. The summed E-state index contributed by atoms with van der Waals surface area (Å²) in [7, 11) is 0. The molecule has 1 aliphatic heterocycles. The molecule has 2 unspecified atom stereocenters. The van der Waals surface area contributed by atoms with E-state index >= 15 is 0 Å². The van der Waals surface area contributed by atoms with Crippen molar-refractivity contribution in [3.8, 4) is 5.75 Å². The minimum absolute atomic E-state index is 0.123. The Labute approximate surface area is 209 Å². The smallest absolute Gasteiger partial charge is 0.182 e. The van der Waals surface area contributed by atoms with E-state index in [-0.39, 0.29) is 11.9 Å². The minimum Gasteiger partial charge on any atom is -0.491 e. The van der Waals surface area contributed by atoms with E-state index in [1.165, 1.54) is 75.5 Å². The molecule has 2 aliphatic carbocycles. The van der Waals surface area contributed by atoms with Crippen LogP contribution in [0.4, 0.5) is 4.39 Å². The SMILES string of the molecule is CCCC1CCC(C2CCC(C3CCC(c4cc5ccc(OCC)c(F)c5s4)OC3)CC2)CC1.